The summed E-state index contributed by atoms with van der Waals surface area (Å²) < 4.78 is 3.19. The van der Waals surface area contributed by atoms with Crippen LogP contribution >= 0.6 is 23.7 Å². The van der Waals surface area contributed by atoms with Gasteiger partial charge in [-0.25, -0.2) is 0 Å². The quantitative estimate of drug-likeness (QED) is 0.515. The monoisotopic (exact) mass is 200 g/mol. The van der Waals surface area contributed by atoms with Crippen LogP contribution in [-0.4, -0.2) is 6.29 Å². The molecule has 0 radical (unpaired) electrons. The summed E-state index contributed by atoms with van der Waals surface area (Å²) in [5, 5.41) is 0. The van der Waals surface area contributed by atoms with Crippen molar-refractivity contribution in [3.8, 4) is 0 Å². The van der Waals surface area contributed by atoms with Crippen molar-refractivity contribution in [1.29, 1.82) is 0 Å². The van der Waals surface area contributed by atoms with Gasteiger partial charge in [0.05, 0.1) is 23.7 Å². The van der Waals surface area contributed by atoms with Crippen molar-refractivity contribution in [3.05, 3.63) is 0 Å². The number of aldehydes is 1. The van der Waals surface area contributed by atoms with E-state index < -0.39 is 0 Å². The van der Waals surface area contributed by atoms with Gasteiger partial charge in [-0.05, 0) is 12.3 Å². The number of carbonyl (C=O) groups is 1. The summed E-state index contributed by atoms with van der Waals surface area (Å²) >= 11 is 8.53. The molecule has 0 bridgehead atoms. The zero-order valence-corrected chi connectivity index (χ0v) is 8.36. The summed E-state index contributed by atoms with van der Waals surface area (Å²) in [6.45, 7) is 4.34. The van der Waals surface area contributed by atoms with Gasteiger partial charge in [0.25, 0.3) is 0 Å². The van der Waals surface area contributed by atoms with E-state index in [-0.39, 0.29) is 0 Å². The molecule has 0 fully saturated rings. The molecule has 0 unspecified atom stereocenters. The molecule has 0 N–H and O–H groups in total. The van der Waals surface area contributed by atoms with Crippen LogP contribution in [0, 0.1) is 5.92 Å². The molecule has 0 atom stereocenters. The van der Waals surface area contributed by atoms with Gasteiger partial charge >= 0.3 is 0 Å². The Morgan fingerprint density at radius 1 is 1.45 bits per heavy atom. The van der Waals surface area contributed by atoms with Gasteiger partial charge < -0.3 is 4.79 Å². The summed E-state index contributed by atoms with van der Waals surface area (Å²) in [5.74, 6) is 0.745. The maximum Gasteiger partial charge on any atom is 0.119 e. The third-order valence-corrected chi connectivity index (χ3v) is 1.10. The van der Waals surface area contributed by atoms with Gasteiger partial charge in [0, 0.05) is 6.42 Å². The molecule has 0 aromatic rings. The van der Waals surface area contributed by atoms with Gasteiger partial charge in [-0.15, -0.1) is 0 Å². The molecule has 4 heteroatoms. The minimum Gasteiger partial charge on any atom is -0.303 e. The fourth-order valence-electron chi connectivity index (χ4n) is 0.609. The highest BCUT2D eigenvalue weighted by atomic mass is 35.6. The van der Waals surface area contributed by atoms with E-state index in [0.29, 0.717) is 0 Å². The highest BCUT2D eigenvalue weighted by Crippen LogP contribution is 2.03. The Morgan fingerprint density at radius 2 is 1.91 bits per heavy atom. The molecular weight excluding hydrogens is 187 g/mol. The number of carbonyl (C=O) groups excluding carboxylic acids is 1. The van der Waals surface area contributed by atoms with E-state index >= 15 is 0 Å². The van der Waals surface area contributed by atoms with Crippen molar-refractivity contribution in [3.63, 3.8) is 0 Å². The summed E-state index contributed by atoms with van der Waals surface area (Å²) in [7, 11) is 0. The Hall–Kier alpha value is 0.210. The lowest BCUT2D eigenvalue weighted by molar-refractivity contribution is -0.107. The van der Waals surface area contributed by atoms with Gasteiger partial charge in [-0.3, -0.25) is 0 Å². The normalized spacial score (nSPS) is 8.82. The highest BCUT2D eigenvalue weighted by molar-refractivity contribution is 6.24. The van der Waals surface area contributed by atoms with Crippen molar-refractivity contribution in [2.45, 2.75) is 33.1 Å². The summed E-state index contributed by atoms with van der Waals surface area (Å²) in [5.41, 5.74) is 0. The molecule has 11 heavy (non-hydrogen) atoms. The molecule has 0 aliphatic carbocycles. The van der Waals surface area contributed by atoms with Gasteiger partial charge in [-0.2, -0.15) is 3.84 Å². The van der Waals surface area contributed by atoms with Crippen LogP contribution in [0.4, 0.5) is 0 Å². The molecule has 68 valence electrons. The largest absolute Gasteiger partial charge is 0.303 e. The summed E-state index contributed by atoms with van der Waals surface area (Å²) in [4.78, 5) is 9.79. The molecule has 2 nitrogen and oxygen atoms in total. The average molecular weight is 201 g/mol. The first kappa shape index (κ1) is 13.8. The topological polar surface area (TPSA) is 26.3 Å². The minimum atomic E-state index is 0.734. The fraction of sp³-hybridized carbons (Fsp3) is 0.857. The van der Waals surface area contributed by atoms with Gasteiger partial charge in [0.2, 0.25) is 0 Å². The first-order valence-electron chi connectivity index (χ1n) is 3.52. The standard InChI is InChI=1S/C7H14O.Cl2O/c1-7(2)5-3-4-6-8;1-3-2/h6-7H,3-5H2,1-2H3;. The van der Waals surface area contributed by atoms with Crippen molar-refractivity contribution >= 4 is 30.0 Å². The van der Waals surface area contributed by atoms with Gasteiger partial charge in [0.1, 0.15) is 6.29 Å². The zero-order chi connectivity index (χ0) is 9.11. The molecule has 0 aliphatic heterocycles. The average Bonchev–Trinajstić information content (AvgIpc) is 1.89. The molecule has 0 heterocycles. The second kappa shape index (κ2) is 12.8. The van der Waals surface area contributed by atoms with E-state index in [1.165, 1.54) is 6.42 Å². The van der Waals surface area contributed by atoms with Crippen molar-refractivity contribution in [1.82, 2.24) is 0 Å². The molecule has 0 amide bonds. The van der Waals surface area contributed by atoms with Crippen LogP contribution in [0.1, 0.15) is 33.1 Å². The van der Waals surface area contributed by atoms with Crippen LogP contribution in [0.25, 0.3) is 0 Å². The summed E-state index contributed by atoms with van der Waals surface area (Å²) in [6, 6.07) is 0. The Kier molecular flexibility index (Phi) is 16.1. The second-order valence-corrected chi connectivity index (χ2v) is 3.02. The molecule has 0 aromatic heterocycles. The lowest BCUT2D eigenvalue weighted by Gasteiger charge is -1.98. The Morgan fingerprint density at radius 3 is 2.18 bits per heavy atom. The first-order valence-corrected chi connectivity index (χ1v) is 4.13. The van der Waals surface area contributed by atoms with Gasteiger partial charge in [0.15, 0.2) is 0 Å². The van der Waals surface area contributed by atoms with Crippen molar-refractivity contribution in [2.75, 3.05) is 0 Å². The SMILES string of the molecule is CC(C)CCCC=O.ClOCl. The number of hydrogen-bond acceptors (Lipinski definition) is 2. The number of unbranched alkanes of at least 4 members (excludes halogenated alkanes) is 1. The predicted molar refractivity (Wildman–Crippen MR) is 47.5 cm³/mol. The Bertz CT molecular complexity index is 76.8. The van der Waals surface area contributed by atoms with E-state index in [9.17, 15) is 4.79 Å². The molecule has 0 rings (SSSR count). The maximum atomic E-state index is 9.79. The van der Waals surface area contributed by atoms with Crippen LogP contribution in [0.15, 0.2) is 0 Å². The number of rotatable bonds is 4. The second-order valence-electron chi connectivity index (χ2n) is 2.55. The third kappa shape index (κ3) is 25.4. The highest BCUT2D eigenvalue weighted by Gasteiger charge is 1.90. The van der Waals surface area contributed by atoms with Crippen molar-refractivity contribution in [2.24, 2.45) is 5.92 Å². The van der Waals surface area contributed by atoms with E-state index in [2.05, 4.69) is 41.4 Å². The molecule has 0 aromatic carbocycles. The smallest absolute Gasteiger partial charge is 0.119 e. The van der Waals surface area contributed by atoms with E-state index in [1.807, 2.05) is 0 Å². The Balaban J connectivity index is 0. The minimum absolute atomic E-state index is 0.734. The van der Waals surface area contributed by atoms with Crippen molar-refractivity contribution < 1.29 is 8.64 Å². The van der Waals surface area contributed by atoms with Crippen LogP contribution < -0.4 is 0 Å². The number of halogens is 2. The first-order chi connectivity index (χ1) is 5.18. The van der Waals surface area contributed by atoms with Crippen LogP contribution in [0.3, 0.4) is 0 Å². The molecule has 0 spiro atoms. The van der Waals surface area contributed by atoms with Crippen LogP contribution in [-0.2, 0) is 8.64 Å². The van der Waals surface area contributed by atoms with Crippen LogP contribution in [0.2, 0.25) is 0 Å². The molecule has 0 saturated carbocycles. The van der Waals surface area contributed by atoms with E-state index in [4.69, 9.17) is 0 Å². The van der Waals surface area contributed by atoms with Crippen LogP contribution in [0.5, 0.6) is 0 Å². The molecule has 0 saturated heterocycles. The Labute approximate surface area is 78.2 Å². The van der Waals surface area contributed by atoms with Gasteiger partial charge in [-0.1, -0.05) is 20.3 Å². The lowest BCUT2D eigenvalue weighted by Crippen LogP contribution is -1.86. The maximum absolute atomic E-state index is 9.79. The van der Waals surface area contributed by atoms with E-state index in [0.717, 1.165) is 25.0 Å². The molecule has 0 aliphatic rings. The lowest BCUT2D eigenvalue weighted by atomic mass is 10.1. The summed E-state index contributed by atoms with van der Waals surface area (Å²) in [6.07, 6.45) is 3.96. The fourth-order valence-corrected chi connectivity index (χ4v) is 0.609. The third-order valence-electron chi connectivity index (χ3n) is 1.10. The molecular formula is C7H14Cl2O2. The zero-order valence-electron chi connectivity index (χ0n) is 6.85. The van der Waals surface area contributed by atoms with E-state index in [1.54, 1.807) is 0 Å². The predicted octanol–water partition coefficient (Wildman–Crippen LogP) is 3.32. The number of hydrogen-bond donors (Lipinski definition) is 0.